The number of hydrogen-bond donors (Lipinski definition) is 1. The summed E-state index contributed by atoms with van der Waals surface area (Å²) in [5.41, 5.74) is 4.78. The van der Waals surface area contributed by atoms with Gasteiger partial charge >= 0.3 is 6.03 Å². The van der Waals surface area contributed by atoms with E-state index < -0.39 is 0 Å². The number of anilines is 2. The van der Waals surface area contributed by atoms with Crippen LogP contribution >= 0.6 is 11.6 Å². The van der Waals surface area contributed by atoms with Gasteiger partial charge in [-0.2, -0.15) is 0 Å². The Hall–Kier alpha value is -3.06. The number of piperazine rings is 1. The maximum Gasteiger partial charge on any atom is 0.323 e. The largest absolute Gasteiger partial charge is 0.478 e. The fourth-order valence-electron chi connectivity index (χ4n) is 3.54. The van der Waals surface area contributed by atoms with E-state index in [2.05, 4.69) is 20.2 Å². The molecule has 0 spiro atoms. The molecule has 2 amide bonds. The van der Waals surface area contributed by atoms with Gasteiger partial charge in [-0.05, 0) is 55.3 Å². The number of urea groups is 1. The van der Waals surface area contributed by atoms with Crippen LogP contribution in [0.5, 0.6) is 5.88 Å². The predicted octanol–water partition coefficient (Wildman–Crippen LogP) is 4.26. The molecule has 2 aromatic carbocycles. The second kappa shape index (κ2) is 8.36. The average molecular weight is 426 g/mol. The molecule has 0 aliphatic carbocycles. The molecule has 1 fully saturated rings. The molecule has 4 rings (SSSR count). The summed E-state index contributed by atoms with van der Waals surface area (Å²) in [7, 11) is 1.52. The smallest absolute Gasteiger partial charge is 0.323 e. The van der Waals surface area contributed by atoms with Crippen LogP contribution in [0, 0.1) is 13.8 Å². The number of benzene rings is 2. The van der Waals surface area contributed by atoms with Crippen LogP contribution in [-0.2, 0) is 0 Å². The van der Waals surface area contributed by atoms with Crippen LogP contribution in [-0.4, -0.2) is 54.2 Å². The van der Waals surface area contributed by atoms with Crippen LogP contribution in [0.4, 0.5) is 16.3 Å². The summed E-state index contributed by atoms with van der Waals surface area (Å²) in [6.45, 7) is 6.71. The summed E-state index contributed by atoms with van der Waals surface area (Å²) in [6, 6.07) is 11.5. The molecule has 1 saturated heterocycles. The monoisotopic (exact) mass is 425 g/mol. The van der Waals surface area contributed by atoms with Gasteiger partial charge in [0, 0.05) is 36.9 Å². The van der Waals surface area contributed by atoms with Gasteiger partial charge in [0.25, 0.3) is 5.88 Å². The molecule has 0 unspecified atom stereocenters. The summed E-state index contributed by atoms with van der Waals surface area (Å²) in [6.07, 6.45) is 0. The van der Waals surface area contributed by atoms with E-state index in [0.29, 0.717) is 29.8 Å². The molecular weight excluding hydrogens is 402 g/mol. The number of rotatable bonds is 3. The molecule has 8 heteroatoms. The maximum atomic E-state index is 12.8. The van der Waals surface area contributed by atoms with Crippen molar-refractivity contribution in [3.8, 4) is 5.88 Å². The SMILES string of the molecule is COc1nc2cc(C)c(C)cc2nc1NC(=O)N1CCN(c2cccc(Cl)c2)CC1. The number of nitrogens with zero attached hydrogens (tertiary/aromatic N) is 4. The Morgan fingerprint density at radius 3 is 2.33 bits per heavy atom. The van der Waals surface area contributed by atoms with Crippen molar-refractivity contribution >= 4 is 40.2 Å². The first-order valence-electron chi connectivity index (χ1n) is 9.84. The van der Waals surface area contributed by atoms with E-state index in [1.807, 2.05) is 50.2 Å². The van der Waals surface area contributed by atoms with Gasteiger partial charge < -0.3 is 14.5 Å². The molecule has 1 aliphatic heterocycles. The first-order chi connectivity index (χ1) is 14.4. The van der Waals surface area contributed by atoms with E-state index in [4.69, 9.17) is 16.3 Å². The number of nitrogens with one attached hydrogen (secondary N) is 1. The van der Waals surface area contributed by atoms with Gasteiger partial charge in [0.1, 0.15) is 0 Å². The van der Waals surface area contributed by atoms with E-state index in [-0.39, 0.29) is 6.03 Å². The topological polar surface area (TPSA) is 70.6 Å². The Morgan fingerprint density at radius 1 is 1.03 bits per heavy atom. The van der Waals surface area contributed by atoms with Gasteiger partial charge in [0.2, 0.25) is 0 Å². The molecule has 7 nitrogen and oxygen atoms in total. The van der Waals surface area contributed by atoms with Gasteiger partial charge in [0.15, 0.2) is 5.82 Å². The molecule has 30 heavy (non-hydrogen) atoms. The third-order valence-electron chi connectivity index (χ3n) is 5.41. The van der Waals surface area contributed by atoms with Crippen LogP contribution in [0.25, 0.3) is 11.0 Å². The molecular formula is C22H24ClN5O2. The Kier molecular flexibility index (Phi) is 5.63. The molecule has 2 heterocycles. The Labute approximate surface area is 180 Å². The molecule has 0 atom stereocenters. The van der Waals surface area contributed by atoms with E-state index in [0.717, 1.165) is 40.9 Å². The second-order valence-electron chi connectivity index (χ2n) is 7.39. The van der Waals surface area contributed by atoms with Gasteiger partial charge in [0.05, 0.1) is 18.1 Å². The van der Waals surface area contributed by atoms with Crippen LogP contribution in [0.2, 0.25) is 5.02 Å². The molecule has 0 bridgehead atoms. The van der Waals surface area contributed by atoms with Crippen molar-refractivity contribution < 1.29 is 9.53 Å². The van der Waals surface area contributed by atoms with E-state index in [1.165, 1.54) is 7.11 Å². The lowest BCUT2D eigenvalue weighted by molar-refractivity contribution is 0.208. The van der Waals surface area contributed by atoms with Gasteiger partial charge in [-0.25, -0.2) is 14.8 Å². The zero-order valence-corrected chi connectivity index (χ0v) is 18.0. The first-order valence-corrected chi connectivity index (χ1v) is 10.2. The van der Waals surface area contributed by atoms with Gasteiger partial charge in [-0.3, -0.25) is 5.32 Å². The zero-order chi connectivity index (χ0) is 21.3. The summed E-state index contributed by atoms with van der Waals surface area (Å²) in [5, 5.41) is 3.58. The summed E-state index contributed by atoms with van der Waals surface area (Å²) in [5.74, 6) is 0.632. The summed E-state index contributed by atoms with van der Waals surface area (Å²) < 4.78 is 5.37. The van der Waals surface area contributed by atoms with Crippen molar-refractivity contribution in [2.75, 3.05) is 43.5 Å². The number of methoxy groups -OCH3 is 1. The third kappa shape index (κ3) is 4.11. The lowest BCUT2D eigenvalue weighted by Crippen LogP contribution is -2.50. The lowest BCUT2D eigenvalue weighted by atomic mass is 10.1. The summed E-state index contributed by atoms with van der Waals surface area (Å²) in [4.78, 5) is 25.9. The van der Waals surface area contributed by atoms with E-state index >= 15 is 0 Å². The van der Waals surface area contributed by atoms with Crippen LogP contribution in [0.3, 0.4) is 0 Å². The highest BCUT2D eigenvalue weighted by Crippen LogP contribution is 2.26. The van der Waals surface area contributed by atoms with Gasteiger partial charge in [-0.1, -0.05) is 17.7 Å². The average Bonchev–Trinajstić information content (AvgIpc) is 2.74. The molecule has 0 radical (unpaired) electrons. The van der Waals surface area contributed by atoms with Crippen molar-refractivity contribution in [2.24, 2.45) is 0 Å². The Bertz CT molecular complexity index is 1100. The number of carbonyl (C=O) groups excluding carboxylic acids is 1. The van der Waals surface area contributed by atoms with Crippen molar-refractivity contribution in [3.63, 3.8) is 0 Å². The maximum absolute atomic E-state index is 12.8. The number of halogens is 1. The number of hydrogen-bond acceptors (Lipinski definition) is 5. The minimum Gasteiger partial charge on any atom is -0.478 e. The molecule has 0 saturated carbocycles. The van der Waals surface area contributed by atoms with Crippen molar-refractivity contribution in [1.82, 2.24) is 14.9 Å². The van der Waals surface area contributed by atoms with Crippen LogP contribution in [0.1, 0.15) is 11.1 Å². The van der Waals surface area contributed by atoms with Crippen LogP contribution < -0.4 is 15.0 Å². The molecule has 1 aromatic heterocycles. The van der Waals surface area contributed by atoms with Gasteiger partial charge in [-0.15, -0.1) is 0 Å². The minimum absolute atomic E-state index is 0.212. The molecule has 1 aliphatic rings. The first kappa shape index (κ1) is 20.2. The van der Waals surface area contributed by atoms with E-state index in [1.54, 1.807) is 4.90 Å². The zero-order valence-electron chi connectivity index (χ0n) is 17.3. The Balaban J connectivity index is 1.47. The molecule has 156 valence electrons. The molecule has 3 aromatic rings. The highest BCUT2D eigenvalue weighted by Gasteiger charge is 2.23. The Morgan fingerprint density at radius 2 is 1.70 bits per heavy atom. The normalized spacial score (nSPS) is 14.1. The number of aromatic nitrogens is 2. The highest BCUT2D eigenvalue weighted by atomic mass is 35.5. The van der Waals surface area contributed by atoms with Crippen LogP contribution in [0.15, 0.2) is 36.4 Å². The number of amides is 2. The quantitative estimate of drug-likeness (QED) is 0.678. The number of carbonyl (C=O) groups is 1. The number of aryl methyl sites for hydroxylation is 2. The lowest BCUT2D eigenvalue weighted by Gasteiger charge is -2.36. The van der Waals surface area contributed by atoms with Crippen molar-refractivity contribution in [3.05, 3.63) is 52.5 Å². The number of fused-ring (bicyclic) bond motifs is 1. The van der Waals surface area contributed by atoms with E-state index in [9.17, 15) is 4.79 Å². The fraction of sp³-hybridized carbons (Fsp3) is 0.318. The van der Waals surface area contributed by atoms with Crippen molar-refractivity contribution in [2.45, 2.75) is 13.8 Å². The summed E-state index contributed by atoms with van der Waals surface area (Å²) >= 11 is 6.10. The van der Waals surface area contributed by atoms with Crippen molar-refractivity contribution in [1.29, 1.82) is 0 Å². The predicted molar refractivity (Wildman–Crippen MR) is 120 cm³/mol. The molecule has 1 N–H and O–H groups in total. The highest BCUT2D eigenvalue weighted by molar-refractivity contribution is 6.30. The standard InChI is InChI=1S/C22H24ClN5O2/c1-14-11-18-19(12-15(14)2)25-21(30-3)20(24-18)26-22(29)28-9-7-27(8-10-28)17-6-4-5-16(23)13-17/h4-6,11-13H,7-10H2,1-3H3,(H,24,26,29). The second-order valence-corrected chi connectivity index (χ2v) is 7.83. The fourth-order valence-corrected chi connectivity index (χ4v) is 3.72. The minimum atomic E-state index is -0.212. The number of ether oxygens (including phenoxy) is 1. The third-order valence-corrected chi connectivity index (χ3v) is 5.64.